The van der Waals surface area contributed by atoms with Crippen LogP contribution < -0.4 is 10.6 Å². The Morgan fingerprint density at radius 3 is 2.67 bits per heavy atom. The summed E-state index contributed by atoms with van der Waals surface area (Å²) < 4.78 is 0. The van der Waals surface area contributed by atoms with E-state index < -0.39 is 0 Å². The number of nitrogens with zero attached hydrogens (tertiary/aromatic N) is 2. The van der Waals surface area contributed by atoms with Crippen LogP contribution >= 0.6 is 0 Å². The number of anilines is 1. The average Bonchev–Trinajstić information content (AvgIpc) is 2.25. The molecule has 0 aromatic carbocycles. The fourth-order valence-electron chi connectivity index (χ4n) is 1.51. The summed E-state index contributed by atoms with van der Waals surface area (Å²) in [4.78, 5) is 6.73. The molecule has 15 heavy (non-hydrogen) atoms. The minimum absolute atomic E-state index is 0.567. The molecular formula is C12H21N3. The highest BCUT2D eigenvalue weighted by Gasteiger charge is 2.04. The lowest BCUT2D eigenvalue weighted by atomic mass is 10.2. The van der Waals surface area contributed by atoms with Crippen LogP contribution in [0, 0.1) is 6.92 Å². The first-order valence-electron chi connectivity index (χ1n) is 5.56. The molecule has 0 atom stereocenters. The van der Waals surface area contributed by atoms with Crippen LogP contribution in [0.2, 0.25) is 0 Å². The minimum atomic E-state index is 0.567. The molecule has 1 rings (SSSR count). The van der Waals surface area contributed by atoms with E-state index in [1.807, 2.05) is 13.0 Å². The van der Waals surface area contributed by atoms with E-state index in [9.17, 15) is 0 Å². The average molecular weight is 207 g/mol. The SMILES string of the molecule is CCCCN(C)c1ccc(CN)c(C)n1. The van der Waals surface area contributed by atoms with Crippen molar-refractivity contribution in [3.63, 3.8) is 0 Å². The zero-order valence-corrected chi connectivity index (χ0v) is 9.95. The Hall–Kier alpha value is -1.09. The van der Waals surface area contributed by atoms with E-state index in [0.717, 1.165) is 23.6 Å². The third-order valence-corrected chi connectivity index (χ3v) is 2.64. The molecule has 0 saturated heterocycles. The number of aromatic nitrogens is 1. The summed E-state index contributed by atoms with van der Waals surface area (Å²) >= 11 is 0. The van der Waals surface area contributed by atoms with Crippen molar-refractivity contribution in [3.05, 3.63) is 23.4 Å². The van der Waals surface area contributed by atoms with Gasteiger partial charge < -0.3 is 10.6 Å². The molecule has 0 spiro atoms. The lowest BCUT2D eigenvalue weighted by Crippen LogP contribution is -2.20. The van der Waals surface area contributed by atoms with Gasteiger partial charge in [-0.3, -0.25) is 0 Å². The van der Waals surface area contributed by atoms with E-state index in [4.69, 9.17) is 5.73 Å². The molecule has 0 bridgehead atoms. The van der Waals surface area contributed by atoms with E-state index in [1.165, 1.54) is 12.8 Å². The summed E-state index contributed by atoms with van der Waals surface area (Å²) in [5.41, 5.74) is 7.77. The second-order valence-electron chi connectivity index (χ2n) is 3.89. The summed E-state index contributed by atoms with van der Waals surface area (Å²) in [6.45, 7) is 5.84. The molecule has 0 amide bonds. The van der Waals surface area contributed by atoms with Crippen molar-refractivity contribution in [2.24, 2.45) is 5.73 Å². The predicted molar refractivity (Wildman–Crippen MR) is 65.0 cm³/mol. The number of hydrogen-bond donors (Lipinski definition) is 1. The molecule has 0 radical (unpaired) electrons. The molecule has 0 aliphatic carbocycles. The van der Waals surface area contributed by atoms with Crippen molar-refractivity contribution in [1.82, 2.24) is 4.98 Å². The standard InChI is InChI=1S/C12H21N3/c1-4-5-8-15(3)12-7-6-11(9-13)10(2)14-12/h6-7H,4-5,8-9,13H2,1-3H3. The lowest BCUT2D eigenvalue weighted by Gasteiger charge is -2.18. The maximum atomic E-state index is 5.60. The zero-order valence-electron chi connectivity index (χ0n) is 9.95. The third kappa shape index (κ3) is 3.20. The Bertz CT molecular complexity index is 310. The molecule has 0 aliphatic heterocycles. The fourth-order valence-corrected chi connectivity index (χ4v) is 1.51. The van der Waals surface area contributed by atoms with Gasteiger partial charge in [0.1, 0.15) is 5.82 Å². The Kier molecular flexibility index (Phi) is 4.56. The molecule has 3 heteroatoms. The maximum absolute atomic E-state index is 5.60. The summed E-state index contributed by atoms with van der Waals surface area (Å²) in [5.74, 6) is 1.04. The third-order valence-electron chi connectivity index (χ3n) is 2.64. The Balaban J connectivity index is 2.73. The van der Waals surface area contributed by atoms with Crippen molar-refractivity contribution >= 4 is 5.82 Å². The highest BCUT2D eigenvalue weighted by molar-refractivity contribution is 5.40. The van der Waals surface area contributed by atoms with Crippen LogP contribution in [0.25, 0.3) is 0 Å². The molecule has 3 nitrogen and oxygen atoms in total. The van der Waals surface area contributed by atoms with E-state index in [0.29, 0.717) is 6.54 Å². The van der Waals surface area contributed by atoms with Crippen LogP contribution in [0.3, 0.4) is 0 Å². The smallest absolute Gasteiger partial charge is 0.128 e. The molecule has 0 fully saturated rings. The van der Waals surface area contributed by atoms with Crippen LogP contribution in [0.1, 0.15) is 31.0 Å². The van der Waals surface area contributed by atoms with Crippen LogP contribution in [0.5, 0.6) is 0 Å². The summed E-state index contributed by atoms with van der Waals surface area (Å²) in [7, 11) is 2.08. The number of aryl methyl sites for hydroxylation is 1. The van der Waals surface area contributed by atoms with Crippen molar-refractivity contribution in [2.75, 3.05) is 18.5 Å². The first-order valence-corrected chi connectivity index (χ1v) is 5.56. The fraction of sp³-hybridized carbons (Fsp3) is 0.583. The zero-order chi connectivity index (χ0) is 11.3. The van der Waals surface area contributed by atoms with Gasteiger partial charge in [0.05, 0.1) is 0 Å². The van der Waals surface area contributed by atoms with Gasteiger partial charge in [-0.05, 0) is 25.0 Å². The molecule has 0 saturated carbocycles. The van der Waals surface area contributed by atoms with Crippen molar-refractivity contribution in [3.8, 4) is 0 Å². The van der Waals surface area contributed by atoms with E-state index in [1.54, 1.807) is 0 Å². The van der Waals surface area contributed by atoms with Crippen molar-refractivity contribution in [1.29, 1.82) is 0 Å². The second kappa shape index (κ2) is 5.71. The van der Waals surface area contributed by atoms with Gasteiger partial charge in [0.25, 0.3) is 0 Å². The van der Waals surface area contributed by atoms with Gasteiger partial charge in [0.2, 0.25) is 0 Å². The molecule has 1 aromatic heterocycles. The lowest BCUT2D eigenvalue weighted by molar-refractivity contribution is 0.757. The highest BCUT2D eigenvalue weighted by Crippen LogP contribution is 2.13. The van der Waals surface area contributed by atoms with Crippen molar-refractivity contribution < 1.29 is 0 Å². The summed E-state index contributed by atoms with van der Waals surface area (Å²) in [6, 6.07) is 4.12. The topological polar surface area (TPSA) is 42.1 Å². The first-order chi connectivity index (χ1) is 7.19. The maximum Gasteiger partial charge on any atom is 0.128 e. The van der Waals surface area contributed by atoms with Crippen LogP contribution in [-0.4, -0.2) is 18.6 Å². The van der Waals surface area contributed by atoms with E-state index >= 15 is 0 Å². The Morgan fingerprint density at radius 1 is 1.40 bits per heavy atom. The van der Waals surface area contributed by atoms with Gasteiger partial charge in [-0.1, -0.05) is 19.4 Å². The van der Waals surface area contributed by atoms with Crippen LogP contribution in [-0.2, 0) is 6.54 Å². The molecule has 2 N–H and O–H groups in total. The minimum Gasteiger partial charge on any atom is -0.360 e. The number of nitrogens with two attached hydrogens (primary N) is 1. The Morgan fingerprint density at radius 2 is 2.13 bits per heavy atom. The molecular weight excluding hydrogens is 186 g/mol. The summed E-state index contributed by atoms with van der Waals surface area (Å²) in [5, 5.41) is 0. The van der Waals surface area contributed by atoms with Gasteiger partial charge in [-0.15, -0.1) is 0 Å². The van der Waals surface area contributed by atoms with E-state index in [2.05, 4.69) is 29.9 Å². The Labute approximate surface area is 92.3 Å². The van der Waals surface area contributed by atoms with Gasteiger partial charge in [0.15, 0.2) is 0 Å². The number of rotatable bonds is 5. The highest BCUT2D eigenvalue weighted by atomic mass is 15.2. The van der Waals surface area contributed by atoms with Crippen LogP contribution in [0.15, 0.2) is 12.1 Å². The largest absolute Gasteiger partial charge is 0.360 e. The number of hydrogen-bond acceptors (Lipinski definition) is 3. The monoisotopic (exact) mass is 207 g/mol. The normalized spacial score (nSPS) is 10.4. The number of pyridine rings is 1. The quantitative estimate of drug-likeness (QED) is 0.804. The van der Waals surface area contributed by atoms with Gasteiger partial charge in [-0.2, -0.15) is 0 Å². The predicted octanol–water partition coefficient (Wildman–Crippen LogP) is 2.09. The first kappa shape index (κ1) is 12.0. The summed E-state index contributed by atoms with van der Waals surface area (Å²) in [6.07, 6.45) is 2.42. The van der Waals surface area contributed by atoms with Gasteiger partial charge in [0, 0.05) is 25.8 Å². The molecule has 0 unspecified atom stereocenters. The second-order valence-corrected chi connectivity index (χ2v) is 3.89. The van der Waals surface area contributed by atoms with Gasteiger partial charge >= 0.3 is 0 Å². The molecule has 0 aliphatic rings. The van der Waals surface area contributed by atoms with Crippen molar-refractivity contribution in [2.45, 2.75) is 33.2 Å². The van der Waals surface area contributed by atoms with Gasteiger partial charge in [-0.25, -0.2) is 4.98 Å². The van der Waals surface area contributed by atoms with E-state index in [-0.39, 0.29) is 0 Å². The molecule has 1 heterocycles. The van der Waals surface area contributed by atoms with Crippen LogP contribution in [0.4, 0.5) is 5.82 Å². The molecule has 84 valence electrons. The molecule has 1 aromatic rings. The number of unbranched alkanes of at least 4 members (excludes halogenated alkanes) is 1.